The fraction of sp³-hybridized carbons (Fsp3) is 1.00. The Labute approximate surface area is 118 Å². The van der Waals surface area contributed by atoms with Crippen LogP contribution < -0.4 is 5.32 Å². The number of hydrogen-bond donors (Lipinski definition) is 1. The van der Waals surface area contributed by atoms with E-state index in [1.807, 2.05) is 0 Å². The maximum absolute atomic E-state index is 12.4. The molecule has 1 saturated heterocycles. The van der Waals surface area contributed by atoms with Gasteiger partial charge in [0, 0.05) is 6.04 Å². The second-order valence-electron chi connectivity index (χ2n) is 6.24. The smallest absolute Gasteiger partial charge is 0.154 e. The van der Waals surface area contributed by atoms with Gasteiger partial charge >= 0.3 is 0 Å². The molecule has 1 aliphatic heterocycles. The van der Waals surface area contributed by atoms with Crippen molar-refractivity contribution in [3.8, 4) is 0 Å². The van der Waals surface area contributed by atoms with Crippen LogP contribution >= 0.6 is 0 Å². The molecule has 0 amide bonds. The second kappa shape index (κ2) is 7.07. The van der Waals surface area contributed by atoms with Crippen LogP contribution in [0.5, 0.6) is 0 Å². The van der Waals surface area contributed by atoms with Crippen molar-refractivity contribution < 1.29 is 8.42 Å². The number of rotatable bonds is 4. The lowest BCUT2D eigenvalue weighted by molar-refractivity contribution is 0.298. The van der Waals surface area contributed by atoms with Gasteiger partial charge in [0.15, 0.2) is 9.84 Å². The Morgan fingerprint density at radius 1 is 1.00 bits per heavy atom. The summed E-state index contributed by atoms with van der Waals surface area (Å²) >= 11 is 0. The molecule has 2 unspecified atom stereocenters. The van der Waals surface area contributed by atoms with Crippen molar-refractivity contribution in [2.45, 2.75) is 76.0 Å². The van der Waals surface area contributed by atoms with Gasteiger partial charge in [0.2, 0.25) is 0 Å². The lowest BCUT2D eigenvalue weighted by Gasteiger charge is -2.35. The van der Waals surface area contributed by atoms with Crippen LogP contribution in [0.15, 0.2) is 0 Å². The molecular weight excluding hydrogens is 258 g/mol. The zero-order valence-corrected chi connectivity index (χ0v) is 13.1. The Kier molecular flexibility index (Phi) is 5.70. The van der Waals surface area contributed by atoms with Gasteiger partial charge in [-0.15, -0.1) is 0 Å². The highest BCUT2D eigenvalue weighted by atomic mass is 32.2. The van der Waals surface area contributed by atoms with E-state index in [0.29, 0.717) is 11.7 Å². The van der Waals surface area contributed by atoms with Crippen LogP contribution in [0, 0.1) is 5.92 Å². The molecular formula is C15H29NO2S. The van der Waals surface area contributed by atoms with Gasteiger partial charge in [-0.1, -0.05) is 39.0 Å². The van der Waals surface area contributed by atoms with Gasteiger partial charge in [-0.3, -0.25) is 0 Å². The number of sulfone groups is 1. The summed E-state index contributed by atoms with van der Waals surface area (Å²) in [4.78, 5) is 0. The van der Waals surface area contributed by atoms with Crippen molar-refractivity contribution in [3.05, 3.63) is 0 Å². The van der Waals surface area contributed by atoms with Gasteiger partial charge in [-0.25, -0.2) is 8.42 Å². The van der Waals surface area contributed by atoms with Gasteiger partial charge in [0.05, 0.1) is 11.0 Å². The minimum atomic E-state index is -2.87. The molecule has 0 aromatic heterocycles. The fourth-order valence-electron chi connectivity index (χ4n) is 3.89. The molecule has 0 bridgehead atoms. The SMILES string of the molecule is CCNC(C1CCCCCC1)C1CCCCS1(=O)=O. The van der Waals surface area contributed by atoms with E-state index in [9.17, 15) is 8.42 Å². The molecule has 1 N–H and O–H groups in total. The van der Waals surface area contributed by atoms with Crippen LogP contribution in [-0.2, 0) is 9.84 Å². The van der Waals surface area contributed by atoms with Gasteiger partial charge in [-0.2, -0.15) is 0 Å². The normalized spacial score (nSPS) is 30.7. The van der Waals surface area contributed by atoms with E-state index >= 15 is 0 Å². The van der Waals surface area contributed by atoms with Gasteiger partial charge < -0.3 is 5.32 Å². The highest BCUT2D eigenvalue weighted by Gasteiger charge is 2.38. The molecule has 1 heterocycles. The van der Waals surface area contributed by atoms with Crippen molar-refractivity contribution in [2.24, 2.45) is 5.92 Å². The summed E-state index contributed by atoms with van der Waals surface area (Å²) in [5.41, 5.74) is 0. The summed E-state index contributed by atoms with van der Waals surface area (Å²) in [5.74, 6) is 0.979. The topological polar surface area (TPSA) is 46.2 Å². The van der Waals surface area contributed by atoms with Crippen LogP contribution in [0.2, 0.25) is 0 Å². The van der Waals surface area contributed by atoms with Gasteiger partial charge in [0.1, 0.15) is 0 Å². The first-order chi connectivity index (χ1) is 9.15. The van der Waals surface area contributed by atoms with E-state index in [1.165, 1.54) is 38.5 Å². The first-order valence-corrected chi connectivity index (χ1v) is 9.81. The predicted octanol–water partition coefficient (Wildman–Crippen LogP) is 2.90. The van der Waals surface area contributed by atoms with Crippen LogP contribution in [0.1, 0.15) is 64.7 Å². The van der Waals surface area contributed by atoms with Gasteiger partial charge in [0.25, 0.3) is 0 Å². The van der Waals surface area contributed by atoms with Crippen LogP contribution in [0.25, 0.3) is 0 Å². The van der Waals surface area contributed by atoms with Crippen molar-refractivity contribution in [1.82, 2.24) is 5.32 Å². The third kappa shape index (κ3) is 3.94. The minimum Gasteiger partial charge on any atom is -0.313 e. The van der Waals surface area contributed by atoms with Crippen LogP contribution in [-0.4, -0.2) is 32.0 Å². The third-order valence-corrected chi connectivity index (χ3v) is 7.19. The molecule has 2 aliphatic rings. The molecule has 0 spiro atoms. The maximum Gasteiger partial charge on any atom is 0.154 e. The van der Waals surface area contributed by atoms with Gasteiger partial charge in [-0.05, 0) is 38.1 Å². The number of nitrogens with one attached hydrogen (secondary N) is 1. The Balaban J connectivity index is 2.13. The quantitative estimate of drug-likeness (QED) is 0.809. The highest BCUT2D eigenvalue weighted by Crippen LogP contribution is 2.32. The molecule has 2 rings (SSSR count). The van der Waals surface area contributed by atoms with E-state index in [-0.39, 0.29) is 11.3 Å². The standard InChI is InChI=1S/C15H29NO2S/c1-2-16-15(13-9-5-3-4-6-10-13)14-11-7-8-12-19(14,17)18/h13-16H,2-12H2,1H3. The van der Waals surface area contributed by atoms with E-state index < -0.39 is 9.84 Å². The molecule has 0 aromatic carbocycles. The average Bonchev–Trinajstić information content (AvgIpc) is 2.65. The Morgan fingerprint density at radius 3 is 2.21 bits per heavy atom. The lowest BCUT2D eigenvalue weighted by Crippen LogP contribution is -2.50. The summed E-state index contributed by atoms with van der Waals surface area (Å²) in [6, 6.07) is 0.202. The first kappa shape index (κ1) is 15.3. The Morgan fingerprint density at radius 2 is 1.63 bits per heavy atom. The van der Waals surface area contributed by atoms with Crippen molar-refractivity contribution in [1.29, 1.82) is 0 Å². The monoisotopic (exact) mass is 287 g/mol. The van der Waals surface area contributed by atoms with Crippen molar-refractivity contribution in [3.63, 3.8) is 0 Å². The summed E-state index contributed by atoms with van der Waals surface area (Å²) < 4.78 is 24.8. The molecule has 2 atom stereocenters. The fourth-order valence-corrected chi connectivity index (χ4v) is 6.09. The van der Waals surface area contributed by atoms with Crippen molar-refractivity contribution >= 4 is 9.84 Å². The van der Waals surface area contributed by atoms with E-state index in [2.05, 4.69) is 12.2 Å². The highest BCUT2D eigenvalue weighted by molar-refractivity contribution is 7.92. The van der Waals surface area contributed by atoms with E-state index in [0.717, 1.165) is 25.8 Å². The summed E-state index contributed by atoms with van der Waals surface area (Å²) in [5, 5.41) is 3.41. The third-order valence-electron chi connectivity index (χ3n) is 4.88. The van der Waals surface area contributed by atoms with Crippen molar-refractivity contribution in [2.75, 3.05) is 12.3 Å². The lowest BCUT2D eigenvalue weighted by atomic mass is 9.88. The number of hydrogen-bond acceptors (Lipinski definition) is 3. The largest absolute Gasteiger partial charge is 0.313 e. The zero-order chi connectivity index (χ0) is 13.7. The maximum atomic E-state index is 12.4. The molecule has 112 valence electrons. The minimum absolute atomic E-state index is 0.121. The van der Waals surface area contributed by atoms with E-state index in [4.69, 9.17) is 0 Å². The molecule has 0 radical (unpaired) electrons. The first-order valence-electron chi connectivity index (χ1n) is 8.10. The average molecular weight is 287 g/mol. The molecule has 2 fully saturated rings. The Bertz CT molecular complexity index is 358. The molecule has 1 saturated carbocycles. The summed E-state index contributed by atoms with van der Waals surface area (Å²) in [6.07, 6.45) is 10.4. The molecule has 19 heavy (non-hydrogen) atoms. The molecule has 1 aliphatic carbocycles. The zero-order valence-electron chi connectivity index (χ0n) is 12.2. The summed E-state index contributed by atoms with van der Waals surface area (Å²) in [6.45, 7) is 2.98. The molecule has 0 aromatic rings. The molecule has 4 heteroatoms. The van der Waals surface area contributed by atoms with E-state index in [1.54, 1.807) is 0 Å². The second-order valence-corrected chi connectivity index (χ2v) is 8.58. The molecule has 3 nitrogen and oxygen atoms in total. The predicted molar refractivity (Wildman–Crippen MR) is 80.1 cm³/mol. The van der Waals surface area contributed by atoms with Crippen LogP contribution in [0.3, 0.4) is 0 Å². The van der Waals surface area contributed by atoms with Crippen LogP contribution in [0.4, 0.5) is 0 Å². The Hall–Kier alpha value is -0.0900. The summed E-state index contributed by atoms with van der Waals surface area (Å²) in [7, 11) is -2.87.